The molecule has 0 fully saturated rings. The van der Waals surface area contributed by atoms with Crippen LogP contribution in [0.2, 0.25) is 0 Å². The molecule has 52 valence electrons. The van der Waals surface area contributed by atoms with Crippen molar-refractivity contribution in [1.29, 1.82) is 0 Å². The third-order valence-electron chi connectivity index (χ3n) is 0.378. The van der Waals surface area contributed by atoms with Crippen LogP contribution in [0.25, 0.3) is 0 Å². The molecule has 2 heteroatoms. The minimum absolute atomic E-state index is 0.792. The first-order chi connectivity index (χ1) is 3.83. The molecule has 0 unspecified atom stereocenters. The summed E-state index contributed by atoms with van der Waals surface area (Å²) in [5.41, 5.74) is 0. The summed E-state index contributed by atoms with van der Waals surface area (Å²) in [5, 5.41) is 0. The molecule has 0 spiro atoms. The summed E-state index contributed by atoms with van der Waals surface area (Å²) in [4.78, 5) is 0. The lowest BCUT2D eigenvalue weighted by atomic mass is 10.6. The van der Waals surface area contributed by atoms with E-state index in [9.17, 15) is 0 Å². The molecule has 0 N–H and O–H groups in total. The molecule has 0 aliphatic carbocycles. The Morgan fingerprint density at radius 3 is 1.00 bits per heavy atom. The van der Waals surface area contributed by atoms with Crippen molar-refractivity contribution in [1.82, 2.24) is 0 Å². The first-order valence-electron chi connectivity index (χ1n) is 2.95. The highest BCUT2D eigenvalue weighted by atomic mass is 35.5. The second kappa shape index (κ2) is 15.6. The molecule has 0 heterocycles. The van der Waals surface area contributed by atoms with Gasteiger partial charge in [0.05, 0.1) is 0 Å². The van der Waals surface area contributed by atoms with Crippen molar-refractivity contribution in [2.45, 2.75) is 26.7 Å². The van der Waals surface area contributed by atoms with E-state index in [-0.39, 0.29) is 0 Å². The van der Waals surface area contributed by atoms with Gasteiger partial charge in [-0.2, -0.15) is 0 Å². The van der Waals surface area contributed by atoms with Crippen LogP contribution in [0.4, 0.5) is 0 Å². The Morgan fingerprint density at radius 1 is 0.875 bits per heavy atom. The number of alkyl halides is 2. The number of hydrogen-bond acceptors (Lipinski definition) is 0. The second-order valence-electron chi connectivity index (χ2n) is 1.38. The Bertz CT molecular complexity index is 14.5. The molecule has 0 nitrogen and oxygen atoms in total. The van der Waals surface area contributed by atoms with Crippen molar-refractivity contribution >= 4 is 23.2 Å². The monoisotopic (exact) mass is 156 g/mol. The molecule has 0 aromatic heterocycles. The van der Waals surface area contributed by atoms with E-state index >= 15 is 0 Å². The summed E-state index contributed by atoms with van der Waals surface area (Å²) in [7, 11) is 0. The maximum Gasteiger partial charge on any atom is 0.0220 e. The largest absolute Gasteiger partial charge is 0.127 e. The Balaban J connectivity index is 0. The van der Waals surface area contributed by atoms with E-state index in [1.165, 1.54) is 0 Å². The standard InChI is InChI=1S/2C3H7Cl/c2*1-2-3-4/h2*2-3H2,1H3. The zero-order chi connectivity index (χ0) is 6.83. The first-order valence-corrected chi connectivity index (χ1v) is 4.02. The van der Waals surface area contributed by atoms with Crippen LogP contribution in [-0.2, 0) is 0 Å². The summed E-state index contributed by atoms with van der Waals surface area (Å²) < 4.78 is 0. The maximum absolute atomic E-state index is 5.19. The Kier molecular flexibility index (Phi) is 22.3. The fourth-order valence-corrected chi connectivity index (χ4v) is 0. The lowest BCUT2D eigenvalue weighted by Gasteiger charge is -1.65. The molecule has 0 rings (SSSR count). The van der Waals surface area contributed by atoms with Gasteiger partial charge in [0.1, 0.15) is 0 Å². The summed E-state index contributed by atoms with van der Waals surface area (Å²) in [5.74, 6) is 1.58. The van der Waals surface area contributed by atoms with E-state index < -0.39 is 0 Å². The summed E-state index contributed by atoms with van der Waals surface area (Å²) >= 11 is 10.4. The van der Waals surface area contributed by atoms with E-state index in [2.05, 4.69) is 0 Å². The van der Waals surface area contributed by atoms with E-state index in [0.29, 0.717) is 0 Å². The maximum atomic E-state index is 5.19. The Labute approximate surface area is 62.2 Å². The SMILES string of the molecule is CCCCl.CCCCl. The number of halogens is 2. The van der Waals surface area contributed by atoms with E-state index in [0.717, 1.165) is 24.6 Å². The zero-order valence-electron chi connectivity index (χ0n) is 5.58. The van der Waals surface area contributed by atoms with Crippen LogP contribution in [0.3, 0.4) is 0 Å². The van der Waals surface area contributed by atoms with Crippen molar-refractivity contribution < 1.29 is 0 Å². The van der Waals surface area contributed by atoms with Gasteiger partial charge in [0.2, 0.25) is 0 Å². The van der Waals surface area contributed by atoms with Gasteiger partial charge in [0.25, 0.3) is 0 Å². The van der Waals surface area contributed by atoms with Gasteiger partial charge in [-0.25, -0.2) is 0 Å². The van der Waals surface area contributed by atoms with Crippen LogP contribution < -0.4 is 0 Å². The molecular formula is C6H14Cl2. The van der Waals surface area contributed by atoms with Gasteiger partial charge in [0, 0.05) is 11.8 Å². The fourth-order valence-electron chi connectivity index (χ4n) is 0. The summed E-state index contributed by atoms with van der Waals surface area (Å²) in [6.07, 6.45) is 2.17. The van der Waals surface area contributed by atoms with Crippen LogP contribution in [0.15, 0.2) is 0 Å². The van der Waals surface area contributed by atoms with Gasteiger partial charge in [-0.3, -0.25) is 0 Å². The predicted molar refractivity (Wildman–Crippen MR) is 42.0 cm³/mol. The lowest BCUT2D eigenvalue weighted by Crippen LogP contribution is -1.55. The highest BCUT2D eigenvalue weighted by Crippen LogP contribution is 1.76. The topological polar surface area (TPSA) is 0 Å². The van der Waals surface area contributed by atoms with Gasteiger partial charge < -0.3 is 0 Å². The Hall–Kier alpha value is 0.580. The molecule has 8 heavy (non-hydrogen) atoms. The summed E-state index contributed by atoms with van der Waals surface area (Å²) in [6.45, 7) is 4.10. The highest BCUT2D eigenvalue weighted by Gasteiger charge is 1.59. The molecule has 0 atom stereocenters. The second-order valence-corrected chi connectivity index (χ2v) is 2.13. The van der Waals surface area contributed by atoms with Gasteiger partial charge in [-0.1, -0.05) is 13.8 Å². The zero-order valence-corrected chi connectivity index (χ0v) is 7.10. The molecular weight excluding hydrogens is 143 g/mol. The minimum Gasteiger partial charge on any atom is -0.127 e. The van der Waals surface area contributed by atoms with Crippen molar-refractivity contribution in [3.8, 4) is 0 Å². The lowest BCUT2D eigenvalue weighted by molar-refractivity contribution is 1.10. The van der Waals surface area contributed by atoms with Crippen LogP contribution in [0.1, 0.15) is 26.7 Å². The molecule has 0 bridgehead atoms. The number of rotatable bonds is 2. The molecule has 0 radical (unpaired) electrons. The first kappa shape index (κ1) is 11.4. The van der Waals surface area contributed by atoms with E-state index in [1.807, 2.05) is 13.8 Å². The molecule has 0 aliphatic heterocycles. The highest BCUT2D eigenvalue weighted by molar-refractivity contribution is 6.18. The van der Waals surface area contributed by atoms with Crippen LogP contribution in [0.5, 0.6) is 0 Å². The van der Waals surface area contributed by atoms with E-state index in [1.54, 1.807) is 0 Å². The van der Waals surface area contributed by atoms with Gasteiger partial charge in [-0.05, 0) is 12.8 Å². The molecule has 0 aromatic carbocycles. The van der Waals surface area contributed by atoms with Gasteiger partial charge >= 0.3 is 0 Å². The molecule has 0 amide bonds. The van der Waals surface area contributed by atoms with Crippen molar-refractivity contribution in [3.05, 3.63) is 0 Å². The van der Waals surface area contributed by atoms with Crippen LogP contribution >= 0.6 is 23.2 Å². The van der Waals surface area contributed by atoms with Crippen molar-refractivity contribution in [3.63, 3.8) is 0 Å². The van der Waals surface area contributed by atoms with Gasteiger partial charge in [0.15, 0.2) is 0 Å². The quantitative estimate of drug-likeness (QED) is 0.539. The Morgan fingerprint density at radius 2 is 1.00 bits per heavy atom. The summed E-state index contributed by atoms with van der Waals surface area (Å²) in [6, 6.07) is 0. The van der Waals surface area contributed by atoms with E-state index in [4.69, 9.17) is 23.2 Å². The van der Waals surface area contributed by atoms with Crippen molar-refractivity contribution in [2.75, 3.05) is 11.8 Å². The third-order valence-corrected chi connectivity index (χ3v) is 1.13. The average Bonchev–Trinajstić information content (AvgIpc) is 1.88. The minimum atomic E-state index is 0.792. The normalized spacial score (nSPS) is 7.50. The fraction of sp³-hybridized carbons (Fsp3) is 1.00. The van der Waals surface area contributed by atoms with Crippen molar-refractivity contribution in [2.24, 2.45) is 0 Å². The predicted octanol–water partition coefficient (Wildman–Crippen LogP) is 3.27. The smallest absolute Gasteiger partial charge is 0.0220 e. The number of hydrogen-bond donors (Lipinski definition) is 0. The molecule has 0 aliphatic rings. The molecule has 0 saturated heterocycles. The average molecular weight is 157 g/mol. The van der Waals surface area contributed by atoms with Crippen LogP contribution in [0, 0.1) is 0 Å². The van der Waals surface area contributed by atoms with Gasteiger partial charge in [-0.15, -0.1) is 23.2 Å². The molecule has 0 aromatic rings. The molecule has 0 saturated carbocycles. The third kappa shape index (κ3) is 30.8. The van der Waals surface area contributed by atoms with Crippen LogP contribution in [-0.4, -0.2) is 11.8 Å².